The monoisotopic (exact) mass is 384 g/mol. The van der Waals surface area contributed by atoms with Crippen molar-refractivity contribution in [2.75, 3.05) is 42.9 Å². The lowest BCUT2D eigenvalue weighted by molar-refractivity contribution is -0.892. The molecule has 1 amide bonds. The van der Waals surface area contributed by atoms with Gasteiger partial charge in [-0.25, -0.2) is 4.98 Å². The summed E-state index contributed by atoms with van der Waals surface area (Å²) in [4.78, 5) is 18.1. The van der Waals surface area contributed by atoms with E-state index in [1.165, 1.54) is 6.07 Å². The molecular weight excluding hydrogens is 361 g/mol. The second-order valence-electron chi connectivity index (χ2n) is 6.73. The Hall–Kier alpha value is -2.62. The Labute approximate surface area is 154 Å². The molecule has 1 fully saturated rings. The van der Waals surface area contributed by atoms with Gasteiger partial charge in [0.2, 0.25) is 0 Å². The van der Waals surface area contributed by atoms with Crippen LogP contribution in [0, 0.1) is 13.8 Å². The highest BCUT2D eigenvalue weighted by molar-refractivity contribution is 5.92. The van der Waals surface area contributed by atoms with Gasteiger partial charge >= 0.3 is 6.18 Å². The maximum absolute atomic E-state index is 12.6. The van der Waals surface area contributed by atoms with Crippen molar-refractivity contribution >= 4 is 17.4 Å². The molecule has 146 valence electrons. The fourth-order valence-electron chi connectivity index (χ4n) is 3.18. The molecule has 3 heterocycles. The number of hydrogen-bond donors (Lipinski definition) is 3. The van der Waals surface area contributed by atoms with Crippen LogP contribution in [0.1, 0.15) is 17.0 Å². The number of aromatic nitrogens is 3. The maximum Gasteiger partial charge on any atom is 0.419 e. The van der Waals surface area contributed by atoms with Crippen LogP contribution < -0.4 is 20.1 Å². The van der Waals surface area contributed by atoms with Gasteiger partial charge in [-0.05, 0) is 19.9 Å². The molecule has 2 aromatic rings. The second kappa shape index (κ2) is 7.55. The molecule has 0 spiro atoms. The summed E-state index contributed by atoms with van der Waals surface area (Å²) in [5.74, 6) is 0.572. The number of anilines is 2. The van der Waals surface area contributed by atoms with Gasteiger partial charge in [-0.2, -0.15) is 18.3 Å². The van der Waals surface area contributed by atoms with Crippen LogP contribution in [0.3, 0.4) is 0 Å². The molecule has 3 rings (SSSR count). The Morgan fingerprint density at radius 2 is 2.04 bits per heavy atom. The van der Waals surface area contributed by atoms with E-state index >= 15 is 0 Å². The number of alkyl halides is 3. The predicted octanol–water partition coefficient (Wildman–Crippen LogP) is 0.203. The van der Waals surface area contributed by atoms with E-state index in [1.807, 2.05) is 18.7 Å². The molecule has 10 heteroatoms. The predicted molar refractivity (Wildman–Crippen MR) is 92.5 cm³/mol. The summed E-state index contributed by atoms with van der Waals surface area (Å²) in [5, 5.41) is 9.77. The van der Waals surface area contributed by atoms with E-state index in [-0.39, 0.29) is 5.91 Å². The Kier molecular flexibility index (Phi) is 5.36. The van der Waals surface area contributed by atoms with Crippen LogP contribution in [-0.2, 0) is 11.0 Å². The van der Waals surface area contributed by atoms with Gasteiger partial charge in [0.25, 0.3) is 11.7 Å². The Morgan fingerprint density at radius 3 is 2.56 bits per heavy atom. The number of quaternary nitrogens is 1. The lowest BCUT2D eigenvalue weighted by Crippen LogP contribution is -3.15. The number of carbonyl (C=O) groups excluding carboxylic acids is 1. The molecule has 2 aromatic heterocycles. The molecule has 0 aromatic carbocycles. The number of amides is 1. The fraction of sp³-hybridized carbons (Fsp3) is 0.471. The number of hydrogen-bond acceptors (Lipinski definition) is 3. The zero-order valence-corrected chi connectivity index (χ0v) is 15.2. The SMILES string of the molecule is Cc1n[nH]c(C)c1NC(=O)C[NH+]1CCN(c2ccc(C(F)(F)F)c[nH+]2)CC1. The van der Waals surface area contributed by atoms with Crippen LogP contribution in [0.5, 0.6) is 0 Å². The van der Waals surface area contributed by atoms with E-state index in [2.05, 4.69) is 20.5 Å². The van der Waals surface area contributed by atoms with Crippen LogP contribution in [0.15, 0.2) is 18.3 Å². The van der Waals surface area contributed by atoms with Crippen LogP contribution in [0.25, 0.3) is 0 Å². The number of rotatable bonds is 4. The number of aryl methyl sites for hydroxylation is 2. The molecule has 1 saturated heterocycles. The summed E-state index contributed by atoms with van der Waals surface area (Å²) in [7, 11) is 0. The molecule has 4 N–H and O–H groups in total. The van der Waals surface area contributed by atoms with Gasteiger partial charge in [-0.15, -0.1) is 0 Å². The summed E-state index contributed by atoms with van der Waals surface area (Å²) in [6.07, 6.45) is -3.37. The minimum absolute atomic E-state index is 0.0767. The fourth-order valence-corrected chi connectivity index (χ4v) is 3.18. The molecule has 0 atom stereocenters. The number of H-pyrrole nitrogens is 2. The minimum atomic E-state index is -4.35. The summed E-state index contributed by atoms with van der Waals surface area (Å²) in [6.45, 7) is 6.79. The first-order valence-corrected chi connectivity index (χ1v) is 8.73. The summed E-state index contributed by atoms with van der Waals surface area (Å²) < 4.78 is 37.9. The van der Waals surface area contributed by atoms with Gasteiger partial charge in [0.15, 0.2) is 6.54 Å². The summed E-state index contributed by atoms with van der Waals surface area (Å²) in [6, 6.07) is 2.53. The van der Waals surface area contributed by atoms with Crippen LogP contribution in [-0.4, -0.2) is 48.8 Å². The standard InChI is InChI=1S/C17H21F3N6O/c1-11-16(12(2)24-23-11)22-15(27)10-25-5-7-26(8-6-25)14-4-3-13(9-21-14)17(18,19)20/h3-4,9H,5-8,10H2,1-2H3,(H,22,27)(H,23,24)/p+2. The average Bonchev–Trinajstić information content (AvgIpc) is 2.94. The molecule has 27 heavy (non-hydrogen) atoms. The Bertz CT molecular complexity index is 774. The number of piperazine rings is 1. The van der Waals surface area contributed by atoms with E-state index in [0.29, 0.717) is 25.5 Å². The van der Waals surface area contributed by atoms with E-state index in [9.17, 15) is 18.0 Å². The highest BCUT2D eigenvalue weighted by atomic mass is 19.4. The van der Waals surface area contributed by atoms with Crippen molar-refractivity contribution in [3.05, 3.63) is 35.3 Å². The van der Waals surface area contributed by atoms with Crippen molar-refractivity contribution in [2.24, 2.45) is 0 Å². The minimum Gasteiger partial charge on any atom is -0.321 e. The zero-order valence-electron chi connectivity index (χ0n) is 15.2. The highest BCUT2D eigenvalue weighted by Gasteiger charge is 2.33. The number of carbonyl (C=O) groups is 1. The molecule has 1 aliphatic rings. The van der Waals surface area contributed by atoms with Gasteiger partial charge in [0.1, 0.15) is 32.4 Å². The topological polar surface area (TPSA) is 79.6 Å². The number of pyridine rings is 1. The van der Waals surface area contributed by atoms with Crippen LogP contribution in [0.2, 0.25) is 0 Å². The smallest absolute Gasteiger partial charge is 0.321 e. The quantitative estimate of drug-likeness (QED) is 0.705. The van der Waals surface area contributed by atoms with Gasteiger partial charge in [0.05, 0.1) is 22.6 Å². The van der Waals surface area contributed by atoms with Crippen LogP contribution in [0.4, 0.5) is 24.7 Å². The first-order chi connectivity index (χ1) is 12.7. The third-order valence-electron chi connectivity index (χ3n) is 4.74. The molecule has 0 saturated carbocycles. The van der Waals surface area contributed by atoms with E-state index < -0.39 is 11.7 Å². The highest BCUT2D eigenvalue weighted by Crippen LogP contribution is 2.28. The zero-order chi connectivity index (χ0) is 19.6. The average molecular weight is 384 g/mol. The lowest BCUT2D eigenvalue weighted by atomic mass is 10.2. The summed E-state index contributed by atoms with van der Waals surface area (Å²) in [5.41, 5.74) is 1.59. The van der Waals surface area contributed by atoms with E-state index in [1.54, 1.807) is 0 Å². The van der Waals surface area contributed by atoms with E-state index in [4.69, 9.17) is 0 Å². The Morgan fingerprint density at radius 1 is 1.33 bits per heavy atom. The molecule has 0 radical (unpaired) electrons. The van der Waals surface area contributed by atoms with Crippen molar-refractivity contribution in [1.82, 2.24) is 10.2 Å². The third kappa shape index (κ3) is 4.57. The molecule has 0 unspecified atom stereocenters. The van der Waals surface area contributed by atoms with Crippen molar-refractivity contribution in [3.63, 3.8) is 0 Å². The first-order valence-electron chi connectivity index (χ1n) is 8.73. The lowest BCUT2D eigenvalue weighted by Gasteiger charge is -2.28. The maximum atomic E-state index is 12.6. The normalized spacial score (nSPS) is 15.8. The number of nitrogens with one attached hydrogen (secondary N) is 4. The van der Waals surface area contributed by atoms with Gasteiger partial charge in [0, 0.05) is 6.07 Å². The van der Waals surface area contributed by atoms with Crippen molar-refractivity contribution < 1.29 is 27.8 Å². The van der Waals surface area contributed by atoms with Gasteiger partial charge in [-0.3, -0.25) is 14.8 Å². The summed E-state index contributed by atoms with van der Waals surface area (Å²) >= 11 is 0. The largest absolute Gasteiger partial charge is 0.419 e. The number of aromatic amines is 2. The van der Waals surface area contributed by atoms with Crippen molar-refractivity contribution in [3.8, 4) is 0 Å². The molecule has 0 bridgehead atoms. The molecular formula is C17H23F3N6O+2. The van der Waals surface area contributed by atoms with Crippen molar-refractivity contribution in [2.45, 2.75) is 20.0 Å². The second-order valence-corrected chi connectivity index (χ2v) is 6.73. The number of halogens is 3. The molecule has 7 nitrogen and oxygen atoms in total. The number of nitrogens with zero attached hydrogens (tertiary/aromatic N) is 2. The van der Waals surface area contributed by atoms with Crippen LogP contribution >= 0.6 is 0 Å². The first kappa shape index (κ1) is 19.2. The van der Waals surface area contributed by atoms with Gasteiger partial charge < -0.3 is 10.2 Å². The van der Waals surface area contributed by atoms with E-state index in [0.717, 1.165) is 47.3 Å². The molecule has 0 aliphatic carbocycles. The van der Waals surface area contributed by atoms with Crippen molar-refractivity contribution in [1.29, 1.82) is 0 Å². The molecule has 1 aliphatic heterocycles. The van der Waals surface area contributed by atoms with Gasteiger partial charge in [-0.1, -0.05) is 0 Å². The third-order valence-corrected chi connectivity index (χ3v) is 4.74. The Balaban J connectivity index is 1.51.